The van der Waals surface area contributed by atoms with E-state index < -0.39 is 23.0 Å². The quantitative estimate of drug-likeness (QED) is 0.0995. The number of fused-ring (bicyclic) bond motifs is 1. The highest BCUT2D eigenvalue weighted by atomic mass is 32.2. The summed E-state index contributed by atoms with van der Waals surface area (Å²) in [6, 6.07) is 32.6. The summed E-state index contributed by atoms with van der Waals surface area (Å²) >= 11 is 0.882. The molecule has 0 spiro atoms. The summed E-state index contributed by atoms with van der Waals surface area (Å²) in [4.78, 5) is 58.0. The first-order valence-corrected chi connectivity index (χ1v) is 14.8. The standard InChI is InChI=1S/C34H30N4O5S/c1-43-33(42)26-17-18-27-28(19-26)37-34(38(32(27)41)22-25-15-9-4-10-16-25)44-29(30(39)35-20-23-11-5-2-6-12-23)31(40)36-21-24-13-7-3-8-14-24/h2-19,29H,20-22H2,1H3,(H,35,39)(H,36,40). The number of aromatic nitrogens is 2. The zero-order valence-corrected chi connectivity index (χ0v) is 24.8. The zero-order chi connectivity index (χ0) is 30.9. The molecule has 0 aliphatic rings. The molecule has 0 aliphatic heterocycles. The largest absolute Gasteiger partial charge is 0.465 e. The van der Waals surface area contributed by atoms with Gasteiger partial charge in [0.1, 0.15) is 0 Å². The van der Waals surface area contributed by atoms with Gasteiger partial charge in [0.05, 0.1) is 30.1 Å². The van der Waals surface area contributed by atoms with Crippen LogP contribution in [0.3, 0.4) is 0 Å². The predicted molar refractivity (Wildman–Crippen MR) is 169 cm³/mol. The average Bonchev–Trinajstić information content (AvgIpc) is 3.07. The molecule has 0 aliphatic carbocycles. The Morgan fingerprint density at radius 1 is 0.773 bits per heavy atom. The van der Waals surface area contributed by atoms with Crippen LogP contribution >= 0.6 is 11.8 Å². The first kappa shape index (κ1) is 30.2. The number of rotatable bonds is 11. The van der Waals surface area contributed by atoms with Crippen LogP contribution in [0.15, 0.2) is 119 Å². The zero-order valence-electron chi connectivity index (χ0n) is 23.9. The lowest BCUT2D eigenvalue weighted by atomic mass is 10.1. The molecule has 0 fully saturated rings. The van der Waals surface area contributed by atoms with Crippen molar-refractivity contribution in [2.45, 2.75) is 30.0 Å². The third-order valence-electron chi connectivity index (χ3n) is 6.84. The van der Waals surface area contributed by atoms with Gasteiger partial charge < -0.3 is 15.4 Å². The molecule has 2 N–H and O–H groups in total. The van der Waals surface area contributed by atoms with Crippen molar-refractivity contribution in [1.29, 1.82) is 0 Å². The minimum absolute atomic E-state index is 0.156. The Labute approximate surface area is 258 Å². The Morgan fingerprint density at radius 2 is 1.30 bits per heavy atom. The molecular weight excluding hydrogens is 576 g/mol. The Morgan fingerprint density at radius 3 is 1.82 bits per heavy atom. The van der Waals surface area contributed by atoms with E-state index in [4.69, 9.17) is 9.72 Å². The van der Waals surface area contributed by atoms with E-state index in [0.29, 0.717) is 0 Å². The number of esters is 1. The van der Waals surface area contributed by atoms with E-state index in [-0.39, 0.29) is 46.8 Å². The van der Waals surface area contributed by atoms with Crippen molar-refractivity contribution in [3.63, 3.8) is 0 Å². The summed E-state index contributed by atoms with van der Waals surface area (Å²) in [5, 5.41) is 4.87. The average molecular weight is 607 g/mol. The summed E-state index contributed by atoms with van der Waals surface area (Å²) < 4.78 is 6.29. The van der Waals surface area contributed by atoms with Crippen LogP contribution in [-0.4, -0.2) is 39.7 Å². The molecule has 5 aromatic rings. The number of hydrogen-bond donors (Lipinski definition) is 2. The number of benzene rings is 4. The first-order chi connectivity index (χ1) is 21.4. The molecule has 0 atom stereocenters. The van der Waals surface area contributed by atoms with E-state index >= 15 is 0 Å². The molecule has 9 nitrogen and oxygen atoms in total. The van der Waals surface area contributed by atoms with Crippen molar-refractivity contribution in [3.8, 4) is 0 Å². The molecule has 5 rings (SSSR count). The van der Waals surface area contributed by atoms with Crippen LogP contribution in [0.25, 0.3) is 10.9 Å². The van der Waals surface area contributed by atoms with Crippen molar-refractivity contribution >= 4 is 40.4 Å². The van der Waals surface area contributed by atoms with Crippen LogP contribution in [0.1, 0.15) is 27.0 Å². The number of methoxy groups -OCH3 is 1. The van der Waals surface area contributed by atoms with E-state index in [0.717, 1.165) is 28.5 Å². The molecule has 0 bridgehead atoms. The molecule has 10 heteroatoms. The number of hydrogen-bond acceptors (Lipinski definition) is 7. The van der Waals surface area contributed by atoms with Gasteiger partial charge in [-0.05, 0) is 34.9 Å². The summed E-state index contributed by atoms with van der Waals surface area (Å²) in [5.41, 5.74) is 2.68. The van der Waals surface area contributed by atoms with Gasteiger partial charge >= 0.3 is 5.97 Å². The normalized spacial score (nSPS) is 10.9. The lowest BCUT2D eigenvalue weighted by Gasteiger charge is -2.19. The van der Waals surface area contributed by atoms with Gasteiger partial charge in [0.2, 0.25) is 11.8 Å². The molecule has 0 saturated heterocycles. The lowest BCUT2D eigenvalue weighted by Crippen LogP contribution is -2.43. The van der Waals surface area contributed by atoms with E-state index in [1.54, 1.807) is 0 Å². The second-order valence-electron chi connectivity index (χ2n) is 9.90. The predicted octanol–water partition coefficient (Wildman–Crippen LogP) is 4.32. The van der Waals surface area contributed by atoms with E-state index in [1.165, 1.54) is 29.9 Å². The van der Waals surface area contributed by atoms with Crippen LogP contribution in [0.4, 0.5) is 0 Å². The molecule has 1 heterocycles. The van der Waals surface area contributed by atoms with Crippen molar-refractivity contribution in [1.82, 2.24) is 20.2 Å². The highest BCUT2D eigenvalue weighted by Crippen LogP contribution is 2.25. The fourth-order valence-corrected chi connectivity index (χ4v) is 5.55. The van der Waals surface area contributed by atoms with Crippen LogP contribution in [-0.2, 0) is 34.0 Å². The number of amides is 2. The van der Waals surface area contributed by atoms with Gasteiger partial charge in [-0.1, -0.05) is 103 Å². The number of ether oxygens (including phenoxy) is 1. The fourth-order valence-electron chi connectivity index (χ4n) is 4.53. The Kier molecular flexibility index (Phi) is 9.83. The highest BCUT2D eigenvalue weighted by Gasteiger charge is 2.30. The van der Waals surface area contributed by atoms with Crippen molar-refractivity contribution in [2.24, 2.45) is 0 Å². The third-order valence-corrected chi connectivity index (χ3v) is 8.03. The topological polar surface area (TPSA) is 119 Å². The number of carbonyl (C=O) groups is 3. The van der Waals surface area contributed by atoms with Crippen LogP contribution in [0.2, 0.25) is 0 Å². The number of nitrogens with zero attached hydrogens (tertiary/aromatic N) is 2. The maximum atomic E-state index is 13.8. The van der Waals surface area contributed by atoms with E-state index in [2.05, 4.69) is 10.6 Å². The Balaban J connectivity index is 1.53. The molecule has 2 amide bonds. The van der Waals surface area contributed by atoms with Crippen molar-refractivity contribution < 1.29 is 19.1 Å². The van der Waals surface area contributed by atoms with Crippen molar-refractivity contribution in [3.05, 3.63) is 142 Å². The summed E-state index contributed by atoms with van der Waals surface area (Å²) in [6.45, 7) is 0.591. The van der Waals surface area contributed by atoms with Gasteiger partial charge in [-0.3, -0.25) is 19.0 Å². The second-order valence-corrected chi connectivity index (χ2v) is 11.0. The number of thioether (sulfide) groups is 1. The maximum absolute atomic E-state index is 13.8. The smallest absolute Gasteiger partial charge is 0.337 e. The number of carbonyl (C=O) groups excluding carboxylic acids is 3. The summed E-state index contributed by atoms with van der Waals surface area (Å²) in [7, 11) is 1.27. The van der Waals surface area contributed by atoms with Gasteiger partial charge in [-0.15, -0.1) is 0 Å². The molecule has 4 aromatic carbocycles. The summed E-state index contributed by atoms with van der Waals surface area (Å²) in [6.07, 6.45) is 0. The Bertz CT molecular complexity index is 1770. The molecule has 222 valence electrons. The highest BCUT2D eigenvalue weighted by molar-refractivity contribution is 8.01. The monoisotopic (exact) mass is 606 g/mol. The molecule has 0 unspecified atom stereocenters. The first-order valence-electron chi connectivity index (χ1n) is 13.9. The number of nitrogens with one attached hydrogen (secondary N) is 2. The van der Waals surface area contributed by atoms with E-state index in [1.807, 2.05) is 91.0 Å². The van der Waals surface area contributed by atoms with Crippen LogP contribution < -0.4 is 16.2 Å². The van der Waals surface area contributed by atoms with E-state index in [9.17, 15) is 19.2 Å². The molecule has 0 radical (unpaired) electrons. The fraction of sp³-hybridized carbons (Fsp3) is 0.147. The SMILES string of the molecule is COC(=O)c1ccc2c(=O)n(Cc3ccccc3)c(SC(C(=O)NCc3ccccc3)C(=O)NCc3ccccc3)nc2c1. The second kappa shape index (κ2) is 14.3. The Hall–Kier alpha value is -5.22. The van der Waals surface area contributed by atoms with Crippen molar-refractivity contribution in [2.75, 3.05) is 7.11 Å². The molecule has 0 saturated carbocycles. The third kappa shape index (κ3) is 7.40. The van der Waals surface area contributed by atoms with Gasteiger partial charge in [-0.2, -0.15) is 0 Å². The molecule has 1 aromatic heterocycles. The molecular formula is C34H30N4O5S. The maximum Gasteiger partial charge on any atom is 0.337 e. The van der Waals surface area contributed by atoms with Gasteiger partial charge in [0, 0.05) is 13.1 Å². The van der Waals surface area contributed by atoms with Gasteiger partial charge in [-0.25, -0.2) is 9.78 Å². The molecule has 44 heavy (non-hydrogen) atoms. The van der Waals surface area contributed by atoms with Gasteiger partial charge in [0.25, 0.3) is 5.56 Å². The van der Waals surface area contributed by atoms with Crippen LogP contribution in [0.5, 0.6) is 0 Å². The lowest BCUT2D eigenvalue weighted by molar-refractivity contribution is -0.128. The minimum Gasteiger partial charge on any atom is -0.465 e. The van der Waals surface area contributed by atoms with Gasteiger partial charge in [0.15, 0.2) is 10.4 Å². The minimum atomic E-state index is -1.28. The van der Waals surface area contributed by atoms with Crippen LogP contribution in [0, 0.1) is 0 Å². The summed E-state index contributed by atoms with van der Waals surface area (Å²) in [5.74, 6) is -1.64.